The zero-order valence-electron chi connectivity index (χ0n) is 13.1. The van der Waals surface area contributed by atoms with Crippen molar-refractivity contribution in [1.82, 2.24) is 19.9 Å². The lowest BCUT2D eigenvalue weighted by atomic mass is 10.1. The number of halogens is 1. The van der Waals surface area contributed by atoms with Gasteiger partial charge in [0.05, 0.1) is 16.3 Å². The molecule has 9 heteroatoms. The number of rotatable bonds is 2. The lowest BCUT2D eigenvalue weighted by Gasteiger charge is -2.09. The average Bonchev–Trinajstić information content (AvgIpc) is 2.65. The summed E-state index contributed by atoms with van der Waals surface area (Å²) in [5.41, 5.74) is 1.97. The van der Waals surface area contributed by atoms with Crippen molar-refractivity contribution in [3.63, 3.8) is 0 Å². The van der Waals surface area contributed by atoms with Gasteiger partial charge in [-0.15, -0.1) is 0 Å². The van der Waals surface area contributed by atoms with E-state index in [1.807, 2.05) is 0 Å². The van der Waals surface area contributed by atoms with Crippen LogP contribution in [-0.4, -0.2) is 25.8 Å². The number of carbonyl (C=O) groups is 1. The highest BCUT2D eigenvalue weighted by Gasteiger charge is 2.15. The molecule has 2 aromatic carbocycles. The first-order valence-electron chi connectivity index (χ1n) is 7.50. The van der Waals surface area contributed by atoms with E-state index >= 15 is 0 Å². The topological polar surface area (TPSA) is 110 Å². The second-order valence-electron chi connectivity index (χ2n) is 5.47. The van der Waals surface area contributed by atoms with Crippen LogP contribution in [0.3, 0.4) is 0 Å². The van der Waals surface area contributed by atoms with E-state index in [0.29, 0.717) is 21.3 Å². The second-order valence-corrected chi connectivity index (χ2v) is 5.91. The molecule has 0 saturated heterocycles. The minimum absolute atomic E-state index is 0.0155. The smallest absolute Gasteiger partial charge is 0.267 e. The normalized spacial score (nSPS) is 11.0. The average molecular weight is 368 g/mol. The van der Waals surface area contributed by atoms with Gasteiger partial charge in [0.15, 0.2) is 5.69 Å². The summed E-state index contributed by atoms with van der Waals surface area (Å²) in [6, 6.07) is 11.3. The lowest BCUT2D eigenvalue weighted by molar-refractivity contribution is 0.100. The maximum absolute atomic E-state index is 12.6. The number of amides is 1. The summed E-state index contributed by atoms with van der Waals surface area (Å²) < 4.78 is 0.947. The van der Waals surface area contributed by atoms with Gasteiger partial charge in [-0.25, -0.2) is 14.8 Å². The molecular weight excluding hydrogens is 358 g/mol. The molecule has 0 spiro atoms. The highest BCUT2D eigenvalue weighted by atomic mass is 35.5. The van der Waals surface area contributed by atoms with E-state index in [1.165, 1.54) is 12.4 Å². The predicted octanol–water partition coefficient (Wildman–Crippen LogP) is 1.67. The molecule has 128 valence electrons. The van der Waals surface area contributed by atoms with Crippen LogP contribution in [0.2, 0.25) is 5.02 Å². The molecule has 1 amide bonds. The van der Waals surface area contributed by atoms with Gasteiger partial charge in [-0.2, -0.15) is 5.10 Å². The minimum Gasteiger partial charge on any atom is -0.267 e. The number of hydrogen-bond donors (Lipinski definition) is 2. The Morgan fingerprint density at radius 2 is 1.85 bits per heavy atom. The standard InChI is InChI=1S/C17H10ClN5O3/c18-9-5-6-13-12(7-9)17(26)23(8-19-13)22-16(25)14-10-3-1-2-4-11(10)15(24)21-20-14/h1-8H,(H,21,24)(H,22,25). The summed E-state index contributed by atoms with van der Waals surface area (Å²) in [6.45, 7) is 0. The van der Waals surface area contributed by atoms with Crippen LogP contribution >= 0.6 is 11.6 Å². The predicted molar refractivity (Wildman–Crippen MR) is 97.1 cm³/mol. The van der Waals surface area contributed by atoms with Crippen molar-refractivity contribution in [1.29, 1.82) is 0 Å². The number of H-pyrrole nitrogens is 1. The molecule has 2 N–H and O–H groups in total. The van der Waals surface area contributed by atoms with Crippen LogP contribution in [0.15, 0.2) is 58.4 Å². The van der Waals surface area contributed by atoms with E-state index < -0.39 is 17.0 Å². The molecular formula is C17H10ClN5O3. The Hall–Kier alpha value is -3.52. The van der Waals surface area contributed by atoms with E-state index in [0.717, 1.165) is 4.68 Å². The van der Waals surface area contributed by atoms with Crippen molar-refractivity contribution in [2.24, 2.45) is 0 Å². The molecule has 0 fully saturated rings. The fraction of sp³-hybridized carbons (Fsp3) is 0. The third-order valence-corrected chi connectivity index (χ3v) is 4.09. The van der Waals surface area contributed by atoms with Crippen molar-refractivity contribution in [2.75, 3.05) is 5.43 Å². The number of nitrogens with one attached hydrogen (secondary N) is 2. The van der Waals surface area contributed by atoms with Crippen molar-refractivity contribution >= 4 is 39.2 Å². The maximum atomic E-state index is 12.6. The molecule has 0 atom stereocenters. The number of carbonyl (C=O) groups excluding carboxylic acids is 1. The van der Waals surface area contributed by atoms with Gasteiger partial charge in [0.25, 0.3) is 17.0 Å². The molecule has 4 aromatic rings. The van der Waals surface area contributed by atoms with Crippen molar-refractivity contribution < 1.29 is 4.79 Å². The van der Waals surface area contributed by atoms with Gasteiger partial charge in [0, 0.05) is 10.4 Å². The van der Waals surface area contributed by atoms with Gasteiger partial charge in [0.1, 0.15) is 6.33 Å². The monoisotopic (exact) mass is 367 g/mol. The number of aromatic amines is 1. The van der Waals surface area contributed by atoms with Gasteiger partial charge in [0.2, 0.25) is 0 Å². The molecule has 0 unspecified atom stereocenters. The third kappa shape index (κ3) is 2.62. The number of fused-ring (bicyclic) bond motifs is 2. The molecule has 26 heavy (non-hydrogen) atoms. The SMILES string of the molecule is O=C(Nn1cnc2ccc(Cl)cc2c1=O)c1n[nH]c(=O)c2ccccc12. The number of nitrogens with zero attached hydrogens (tertiary/aromatic N) is 3. The molecule has 0 saturated carbocycles. The van der Waals surface area contributed by atoms with E-state index in [9.17, 15) is 14.4 Å². The van der Waals surface area contributed by atoms with Crippen LogP contribution in [0.4, 0.5) is 0 Å². The van der Waals surface area contributed by atoms with E-state index in [-0.39, 0.29) is 11.1 Å². The largest absolute Gasteiger partial charge is 0.291 e. The van der Waals surface area contributed by atoms with Crippen molar-refractivity contribution in [2.45, 2.75) is 0 Å². The molecule has 0 aliphatic rings. The maximum Gasteiger partial charge on any atom is 0.291 e. The number of aromatic nitrogens is 4. The van der Waals surface area contributed by atoms with Gasteiger partial charge < -0.3 is 0 Å². The summed E-state index contributed by atoms with van der Waals surface area (Å²) in [5.74, 6) is -0.664. The fourth-order valence-corrected chi connectivity index (χ4v) is 2.80. The third-order valence-electron chi connectivity index (χ3n) is 3.85. The Balaban J connectivity index is 1.79. The quantitative estimate of drug-likeness (QED) is 0.560. The summed E-state index contributed by atoms with van der Waals surface area (Å²) in [4.78, 5) is 41.1. The highest BCUT2D eigenvalue weighted by molar-refractivity contribution is 6.31. The van der Waals surface area contributed by atoms with E-state index in [1.54, 1.807) is 36.4 Å². The summed E-state index contributed by atoms with van der Waals surface area (Å²) in [7, 11) is 0. The first-order valence-corrected chi connectivity index (χ1v) is 7.88. The van der Waals surface area contributed by atoms with Crippen LogP contribution < -0.4 is 16.5 Å². The van der Waals surface area contributed by atoms with Crippen LogP contribution in [-0.2, 0) is 0 Å². The molecule has 0 aliphatic carbocycles. The van der Waals surface area contributed by atoms with Gasteiger partial charge >= 0.3 is 0 Å². The zero-order chi connectivity index (χ0) is 18.3. The Morgan fingerprint density at radius 1 is 1.08 bits per heavy atom. The van der Waals surface area contributed by atoms with Gasteiger partial charge in [-0.3, -0.25) is 19.8 Å². The van der Waals surface area contributed by atoms with E-state index in [4.69, 9.17) is 11.6 Å². The molecule has 8 nitrogen and oxygen atoms in total. The molecule has 4 rings (SSSR count). The fourth-order valence-electron chi connectivity index (χ4n) is 2.62. The Bertz CT molecular complexity index is 1300. The van der Waals surface area contributed by atoms with Crippen LogP contribution in [0.1, 0.15) is 10.5 Å². The van der Waals surface area contributed by atoms with Crippen LogP contribution in [0, 0.1) is 0 Å². The summed E-state index contributed by atoms with van der Waals surface area (Å²) in [5, 5.41) is 7.42. The molecule has 0 bridgehead atoms. The highest BCUT2D eigenvalue weighted by Crippen LogP contribution is 2.14. The molecule has 0 aliphatic heterocycles. The Kier molecular flexibility index (Phi) is 3.74. The zero-order valence-corrected chi connectivity index (χ0v) is 13.8. The van der Waals surface area contributed by atoms with Crippen molar-refractivity contribution in [3.05, 3.63) is 80.2 Å². The van der Waals surface area contributed by atoms with Crippen molar-refractivity contribution in [3.8, 4) is 0 Å². The summed E-state index contributed by atoms with van der Waals surface area (Å²) >= 11 is 5.92. The summed E-state index contributed by atoms with van der Waals surface area (Å²) in [6.07, 6.45) is 1.20. The van der Waals surface area contributed by atoms with Gasteiger partial charge in [-0.1, -0.05) is 29.8 Å². The molecule has 2 heterocycles. The number of benzene rings is 2. The first kappa shape index (κ1) is 16.0. The Morgan fingerprint density at radius 3 is 2.65 bits per heavy atom. The second kappa shape index (κ2) is 6.08. The minimum atomic E-state index is -0.664. The van der Waals surface area contributed by atoms with E-state index in [2.05, 4.69) is 20.6 Å². The molecule has 0 radical (unpaired) electrons. The lowest BCUT2D eigenvalue weighted by Crippen LogP contribution is -2.34. The van der Waals surface area contributed by atoms with Gasteiger partial charge in [-0.05, 0) is 24.3 Å². The van der Waals surface area contributed by atoms with Crippen LogP contribution in [0.25, 0.3) is 21.7 Å². The molecule has 2 aromatic heterocycles. The first-order chi connectivity index (χ1) is 12.5. The Labute approximate surface area is 150 Å². The number of hydrogen-bond acceptors (Lipinski definition) is 5. The van der Waals surface area contributed by atoms with Crippen LogP contribution in [0.5, 0.6) is 0 Å².